The van der Waals surface area contributed by atoms with E-state index in [0.717, 1.165) is 66.3 Å². The molecule has 1 aliphatic carbocycles. The van der Waals surface area contributed by atoms with Crippen molar-refractivity contribution in [2.24, 2.45) is 5.92 Å². The summed E-state index contributed by atoms with van der Waals surface area (Å²) in [6.45, 7) is 6.54. The van der Waals surface area contributed by atoms with Gasteiger partial charge < -0.3 is 9.84 Å². The van der Waals surface area contributed by atoms with Gasteiger partial charge in [-0.3, -0.25) is 4.79 Å². The van der Waals surface area contributed by atoms with Crippen LogP contribution in [0.4, 0.5) is 0 Å². The Hall–Kier alpha value is -3.02. The summed E-state index contributed by atoms with van der Waals surface area (Å²) in [4.78, 5) is 21.7. The van der Waals surface area contributed by atoms with Gasteiger partial charge in [-0.15, -0.1) is 0 Å². The zero-order valence-electron chi connectivity index (χ0n) is 18.5. The summed E-state index contributed by atoms with van der Waals surface area (Å²) in [6, 6.07) is 11.9. The van der Waals surface area contributed by atoms with Crippen LogP contribution in [0.15, 0.2) is 47.1 Å². The molecular formula is C25H30N4O2. The van der Waals surface area contributed by atoms with Gasteiger partial charge in [0.1, 0.15) is 5.82 Å². The molecule has 2 heterocycles. The van der Waals surface area contributed by atoms with Gasteiger partial charge in [-0.2, -0.15) is 0 Å². The highest BCUT2D eigenvalue weighted by Crippen LogP contribution is 2.39. The van der Waals surface area contributed by atoms with E-state index >= 15 is 0 Å². The predicted octanol–water partition coefficient (Wildman–Crippen LogP) is 4.94. The largest absolute Gasteiger partial charge is 0.356 e. The zero-order chi connectivity index (χ0) is 21.8. The number of carbonyl (C=O) groups is 1. The number of nitrogens with one attached hydrogen (secondary N) is 1. The number of hydrogen-bond acceptors (Lipinski definition) is 5. The fraction of sp³-hybridized carbons (Fsp3) is 0.440. The van der Waals surface area contributed by atoms with Crippen LogP contribution in [0.3, 0.4) is 0 Å². The Balaban J connectivity index is 1.35. The molecule has 1 atom stereocenters. The summed E-state index contributed by atoms with van der Waals surface area (Å²) in [6.07, 6.45) is 6.09. The number of rotatable bonds is 6. The molecule has 1 N–H and O–H groups in total. The number of aryl methyl sites for hydroxylation is 2. The van der Waals surface area contributed by atoms with Crippen molar-refractivity contribution in [3.63, 3.8) is 0 Å². The van der Waals surface area contributed by atoms with E-state index in [0.29, 0.717) is 11.8 Å². The average Bonchev–Trinajstić information content (AvgIpc) is 3.24. The highest BCUT2D eigenvalue weighted by Gasteiger charge is 2.27. The van der Waals surface area contributed by atoms with Crippen molar-refractivity contribution in [2.75, 3.05) is 6.54 Å². The first kappa shape index (κ1) is 21.2. The Labute approximate surface area is 183 Å². The third kappa shape index (κ3) is 5.01. The van der Waals surface area contributed by atoms with E-state index in [1.165, 1.54) is 0 Å². The number of benzene rings is 1. The zero-order valence-corrected chi connectivity index (χ0v) is 18.5. The highest BCUT2D eigenvalue weighted by atomic mass is 16.5. The van der Waals surface area contributed by atoms with E-state index in [1.54, 1.807) is 0 Å². The number of nitrogens with zero attached hydrogens (tertiary/aromatic N) is 3. The van der Waals surface area contributed by atoms with Gasteiger partial charge in [-0.1, -0.05) is 35.5 Å². The van der Waals surface area contributed by atoms with Crippen LogP contribution in [-0.2, 0) is 4.79 Å². The Morgan fingerprint density at radius 2 is 1.90 bits per heavy atom. The Morgan fingerprint density at radius 3 is 2.58 bits per heavy atom. The van der Waals surface area contributed by atoms with Crippen molar-refractivity contribution in [3.8, 4) is 11.3 Å². The third-order valence-corrected chi connectivity index (χ3v) is 6.32. The first-order chi connectivity index (χ1) is 15.0. The van der Waals surface area contributed by atoms with Crippen LogP contribution in [0.1, 0.15) is 67.2 Å². The van der Waals surface area contributed by atoms with Crippen LogP contribution in [0.25, 0.3) is 11.3 Å². The minimum absolute atomic E-state index is 0.0997. The van der Waals surface area contributed by atoms with Gasteiger partial charge in [0, 0.05) is 24.7 Å². The van der Waals surface area contributed by atoms with E-state index in [-0.39, 0.29) is 11.8 Å². The van der Waals surface area contributed by atoms with E-state index in [4.69, 9.17) is 9.51 Å². The average molecular weight is 419 g/mol. The van der Waals surface area contributed by atoms with Crippen molar-refractivity contribution >= 4 is 5.91 Å². The molecule has 1 amide bonds. The Morgan fingerprint density at radius 1 is 1.16 bits per heavy atom. The fourth-order valence-electron chi connectivity index (χ4n) is 4.41. The van der Waals surface area contributed by atoms with Crippen LogP contribution in [-0.4, -0.2) is 27.6 Å². The quantitative estimate of drug-likeness (QED) is 0.613. The molecule has 2 aromatic heterocycles. The lowest BCUT2D eigenvalue weighted by atomic mass is 9.79. The second kappa shape index (κ2) is 9.41. The van der Waals surface area contributed by atoms with E-state index in [9.17, 15) is 4.79 Å². The van der Waals surface area contributed by atoms with Crippen LogP contribution in [0, 0.1) is 19.8 Å². The van der Waals surface area contributed by atoms with E-state index in [1.807, 2.05) is 63.4 Å². The smallest absolute Gasteiger partial charge is 0.227 e. The minimum atomic E-state index is -0.130. The van der Waals surface area contributed by atoms with Crippen molar-refractivity contribution in [2.45, 2.75) is 58.3 Å². The van der Waals surface area contributed by atoms with Crippen molar-refractivity contribution in [1.82, 2.24) is 20.4 Å². The first-order valence-electron chi connectivity index (χ1n) is 11.1. The van der Waals surface area contributed by atoms with Gasteiger partial charge in [0.15, 0.2) is 5.76 Å². The van der Waals surface area contributed by atoms with Crippen LogP contribution in [0.2, 0.25) is 0 Å². The van der Waals surface area contributed by atoms with Gasteiger partial charge in [0.25, 0.3) is 0 Å². The van der Waals surface area contributed by atoms with Gasteiger partial charge in [0.2, 0.25) is 5.91 Å². The molecule has 0 bridgehead atoms. The lowest BCUT2D eigenvalue weighted by Crippen LogP contribution is -2.33. The molecule has 1 aromatic carbocycles. The van der Waals surface area contributed by atoms with Crippen molar-refractivity contribution < 1.29 is 9.32 Å². The normalized spacial score (nSPS) is 19.7. The summed E-state index contributed by atoms with van der Waals surface area (Å²) in [7, 11) is 0. The van der Waals surface area contributed by atoms with Gasteiger partial charge >= 0.3 is 0 Å². The fourth-order valence-corrected chi connectivity index (χ4v) is 4.41. The van der Waals surface area contributed by atoms with E-state index in [2.05, 4.69) is 15.5 Å². The summed E-state index contributed by atoms with van der Waals surface area (Å²) < 4.78 is 5.49. The molecule has 1 fully saturated rings. The molecule has 4 rings (SSSR count). The first-order valence-corrected chi connectivity index (χ1v) is 11.1. The second-order valence-corrected chi connectivity index (χ2v) is 8.64. The van der Waals surface area contributed by atoms with Crippen LogP contribution in [0.5, 0.6) is 0 Å². The monoisotopic (exact) mass is 418 g/mol. The van der Waals surface area contributed by atoms with Gasteiger partial charge in [-0.05, 0) is 57.9 Å². The maximum atomic E-state index is 12.6. The molecule has 0 spiro atoms. The molecule has 162 valence electrons. The van der Waals surface area contributed by atoms with E-state index < -0.39 is 0 Å². The molecule has 0 saturated heterocycles. The number of amides is 1. The maximum absolute atomic E-state index is 12.6. The molecule has 0 aliphatic heterocycles. The molecule has 1 aliphatic rings. The minimum Gasteiger partial charge on any atom is -0.356 e. The molecule has 0 unspecified atom stereocenters. The lowest BCUT2D eigenvalue weighted by Gasteiger charge is -2.29. The summed E-state index contributed by atoms with van der Waals surface area (Å²) in [5.74, 6) is 2.35. The van der Waals surface area contributed by atoms with Gasteiger partial charge in [-0.25, -0.2) is 9.97 Å². The van der Waals surface area contributed by atoms with Crippen molar-refractivity contribution in [1.29, 1.82) is 0 Å². The molecule has 0 radical (unpaired) electrons. The lowest BCUT2D eigenvalue weighted by molar-refractivity contribution is -0.122. The Bertz CT molecular complexity index is 1020. The number of carbonyl (C=O) groups excluding carboxylic acids is 1. The summed E-state index contributed by atoms with van der Waals surface area (Å²) in [5, 5.41) is 7.19. The SMILES string of the molecule is Cc1cc(-c2cnc(C)nc2C2CCC(CNC(=O)[C@@H](C)c3ccccc3)CC2)on1. The third-order valence-electron chi connectivity index (χ3n) is 6.32. The maximum Gasteiger partial charge on any atom is 0.227 e. The summed E-state index contributed by atoms with van der Waals surface area (Å²) >= 11 is 0. The molecule has 1 saturated carbocycles. The topological polar surface area (TPSA) is 80.9 Å². The van der Waals surface area contributed by atoms with Crippen LogP contribution >= 0.6 is 0 Å². The highest BCUT2D eigenvalue weighted by molar-refractivity contribution is 5.83. The molecular weight excluding hydrogens is 388 g/mol. The standard InChI is InChI=1S/C25H30N4O2/c1-16-13-23(31-29-16)22-15-26-18(3)28-24(22)21-11-9-19(10-12-21)14-27-25(30)17(2)20-7-5-4-6-8-20/h4-8,13,15,17,19,21H,9-12,14H2,1-3H3,(H,27,30)/t17-,19?,21?/m0/s1. The Kier molecular flexibility index (Phi) is 6.44. The molecule has 31 heavy (non-hydrogen) atoms. The molecule has 6 heteroatoms. The van der Waals surface area contributed by atoms with Crippen LogP contribution < -0.4 is 5.32 Å². The second-order valence-electron chi connectivity index (χ2n) is 8.64. The molecule has 6 nitrogen and oxygen atoms in total. The molecule has 3 aromatic rings. The van der Waals surface area contributed by atoms with Gasteiger partial charge in [0.05, 0.1) is 22.9 Å². The van der Waals surface area contributed by atoms with Crippen molar-refractivity contribution in [3.05, 3.63) is 65.4 Å². The summed E-state index contributed by atoms with van der Waals surface area (Å²) in [5.41, 5.74) is 3.91. The predicted molar refractivity (Wildman–Crippen MR) is 120 cm³/mol. The number of hydrogen-bond donors (Lipinski definition) is 1. The number of aromatic nitrogens is 3.